The number of aryl methyl sites for hydroxylation is 1. The van der Waals surface area contributed by atoms with E-state index in [1.165, 1.54) is 48.0 Å². The van der Waals surface area contributed by atoms with Crippen LogP contribution in [-0.4, -0.2) is 20.7 Å². The molecule has 3 heterocycles. The fraction of sp³-hybridized carbons (Fsp3) is 0.0909. The van der Waals surface area contributed by atoms with Crippen molar-refractivity contribution in [2.75, 3.05) is 5.73 Å². The molecule has 3 N–H and O–H groups in total. The number of hydrogen-bond donors (Lipinski definition) is 2. The van der Waals surface area contributed by atoms with Crippen molar-refractivity contribution in [3.8, 4) is 45.3 Å². The fourth-order valence-corrected chi connectivity index (χ4v) is 9.41. The largest absolute Gasteiger partial charge is 0.452 e. The number of aromatic nitrogens is 3. The van der Waals surface area contributed by atoms with Crippen LogP contribution >= 0.6 is 11.3 Å². The van der Waals surface area contributed by atoms with E-state index in [1.54, 1.807) is 6.08 Å². The van der Waals surface area contributed by atoms with E-state index in [4.69, 9.17) is 30.5 Å². The maximum atomic E-state index is 8.72. The van der Waals surface area contributed by atoms with Gasteiger partial charge in [-0.05, 0) is 72.5 Å². The first-order chi connectivity index (χ1) is 30.2. The quantitative estimate of drug-likeness (QED) is 0.133. The number of thiophene rings is 1. The summed E-state index contributed by atoms with van der Waals surface area (Å²) in [7, 11) is 0. The smallest absolute Gasteiger partial charge is 0.176 e. The molecule has 3 aromatic heterocycles. The van der Waals surface area contributed by atoms with Crippen molar-refractivity contribution in [1.82, 2.24) is 15.0 Å². The summed E-state index contributed by atoms with van der Waals surface area (Å²) in [6.45, 7) is 11.9. The predicted molar refractivity (Wildman–Crippen MR) is 260 cm³/mol. The highest BCUT2D eigenvalue weighted by atomic mass is 32.1. The fourth-order valence-electron chi connectivity index (χ4n) is 8.30. The number of nitrogens with zero attached hydrogens (tertiary/aromatic N) is 3. The first-order valence-corrected chi connectivity index (χ1v) is 21.4. The predicted octanol–water partition coefficient (Wildman–Crippen LogP) is 14.5. The van der Waals surface area contributed by atoms with Crippen LogP contribution in [0.25, 0.3) is 76.4 Å². The molecule has 302 valence electrons. The van der Waals surface area contributed by atoms with E-state index < -0.39 is 0 Å². The van der Waals surface area contributed by atoms with Gasteiger partial charge in [-0.15, -0.1) is 17.9 Å². The number of benzene rings is 7. The lowest BCUT2D eigenvalue weighted by molar-refractivity contribution is 0.606. The number of hydrogen-bond acceptors (Lipinski definition) is 7. The van der Waals surface area contributed by atoms with Gasteiger partial charge >= 0.3 is 0 Å². The summed E-state index contributed by atoms with van der Waals surface area (Å²) < 4.78 is 8.42. The molecule has 0 saturated carbocycles. The minimum absolute atomic E-state index is 0.0956. The molecule has 0 atom stereocenters. The van der Waals surface area contributed by atoms with Crippen LogP contribution in [0.5, 0.6) is 0 Å². The summed E-state index contributed by atoms with van der Waals surface area (Å²) in [5.41, 5.74) is 17.9. The van der Waals surface area contributed by atoms with E-state index in [0.29, 0.717) is 40.2 Å². The third-order valence-corrected chi connectivity index (χ3v) is 12.5. The van der Waals surface area contributed by atoms with Crippen LogP contribution in [0.4, 0.5) is 5.69 Å². The van der Waals surface area contributed by atoms with Crippen molar-refractivity contribution < 1.29 is 4.42 Å². The second-order valence-electron chi connectivity index (χ2n) is 15.9. The molecule has 0 aliphatic heterocycles. The number of anilines is 1. The van der Waals surface area contributed by atoms with Crippen molar-refractivity contribution in [3.05, 3.63) is 204 Å². The van der Waals surface area contributed by atoms with Gasteiger partial charge in [0.2, 0.25) is 0 Å². The van der Waals surface area contributed by atoms with Gasteiger partial charge in [-0.25, -0.2) is 15.0 Å². The Balaban J connectivity index is 0.000000151. The van der Waals surface area contributed by atoms with Gasteiger partial charge in [-0.2, -0.15) is 0 Å². The third kappa shape index (κ3) is 7.27. The normalized spacial score (nSPS) is 12.2. The van der Waals surface area contributed by atoms with Crippen LogP contribution in [0.1, 0.15) is 48.8 Å². The van der Waals surface area contributed by atoms with E-state index in [0.717, 1.165) is 27.6 Å². The van der Waals surface area contributed by atoms with Crippen molar-refractivity contribution in [1.29, 1.82) is 5.41 Å². The molecule has 1 aliphatic carbocycles. The lowest BCUT2D eigenvalue weighted by Crippen LogP contribution is -2.15. The monoisotopic (exact) mass is 823 g/mol. The molecule has 0 fully saturated rings. The number of rotatable bonds is 5. The molecule has 6 nitrogen and oxygen atoms in total. The third-order valence-electron chi connectivity index (χ3n) is 11.3. The Kier molecular flexibility index (Phi) is 10.6. The Labute approximate surface area is 365 Å². The van der Waals surface area contributed by atoms with Crippen molar-refractivity contribution in [2.24, 2.45) is 0 Å². The molecule has 0 unspecified atom stereocenters. The summed E-state index contributed by atoms with van der Waals surface area (Å²) in [6.07, 6.45) is 1.75. The van der Waals surface area contributed by atoms with Crippen LogP contribution in [0.3, 0.4) is 0 Å². The Morgan fingerprint density at radius 1 is 0.629 bits per heavy atom. The molecule has 0 amide bonds. The van der Waals surface area contributed by atoms with Crippen LogP contribution in [0.15, 0.2) is 181 Å². The van der Waals surface area contributed by atoms with E-state index in [2.05, 4.69) is 100 Å². The average molecular weight is 824 g/mol. The molecule has 0 bridgehead atoms. The van der Waals surface area contributed by atoms with E-state index >= 15 is 0 Å². The minimum Gasteiger partial charge on any atom is -0.452 e. The average Bonchev–Trinajstić information content (AvgIpc) is 3.93. The number of nitrogens with two attached hydrogens (primary N) is 1. The van der Waals surface area contributed by atoms with E-state index in [1.807, 2.05) is 109 Å². The highest BCUT2D eigenvalue weighted by Gasteiger charge is 2.35. The molecule has 11 rings (SSSR count). The van der Waals surface area contributed by atoms with Crippen LogP contribution in [0.2, 0.25) is 0 Å². The SMILES string of the molecule is C=CC.CC1(C)c2ccccc2-c2ccc(C(=N)c3oc4ccccc4c3N)cc21.Cc1ccc2sc3cccc(-c4nc(-c5ccccc5)nc(-c5ccccc5)n4)c3c2c1. The molecule has 7 heteroatoms. The number of allylic oxidation sites excluding steroid dienone is 1. The highest BCUT2D eigenvalue weighted by molar-refractivity contribution is 7.25. The maximum Gasteiger partial charge on any atom is 0.176 e. The Morgan fingerprint density at radius 2 is 1.23 bits per heavy atom. The molecular weight excluding hydrogens is 779 g/mol. The standard InChI is InChI=1S/C28H19N3S.C24H20N2O.C3H6/c1-18-15-16-23-22(17-18)25-21(13-8-14-24(25)32-23)28-30-26(19-9-4-2-5-10-19)29-27(31-28)20-11-6-3-7-12-20;1-24(2)18-9-5-3-7-15(18)16-12-11-14(13-19(16)24)21(25)23-22(26)17-8-4-6-10-20(17)27-23;1-3-2/h2-17H,1H3;3-13,25H,26H2,1-2H3;3H,1H2,2H3. The molecular formula is C55H45N5OS. The van der Waals surface area contributed by atoms with Gasteiger partial charge in [0.15, 0.2) is 23.2 Å². The second-order valence-corrected chi connectivity index (χ2v) is 17.0. The van der Waals surface area contributed by atoms with Gasteiger partial charge in [-0.1, -0.05) is 153 Å². The number of nitrogen functional groups attached to an aromatic ring is 1. The molecule has 0 radical (unpaired) electrons. The first kappa shape index (κ1) is 40.0. The first-order valence-electron chi connectivity index (χ1n) is 20.6. The molecule has 7 aromatic carbocycles. The molecule has 0 spiro atoms. The Bertz CT molecular complexity index is 3230. The van der Waals surface area contributed by atoms with Gasteiger partial charge in [0.1, 0.15) is 11.3 Å². The lowest BCUT2D eigenvalue weighted by atomic mass is 9.81. The lowest BCUT2D eigenvalue weighted by Gasteiger charge is -2.21. The van der Waals surface area contributed by atoms with Gasteiger partial charge in [0.05, 0.1) is 5.69 Å². The maximum absolute atomic E-state index is 8.72. The van der Waals surface area contributed by atoms with Crippen LogP contribution in [-0.2, 0) is 5.41 Å². The topological polar surface area (TPSA) is 102 Å². The van der Waals surface area contributed by atoms with Gasteiger partial charge in [0, 0.05) is 53.2 Å². The van der Waals surface area contributed by atoms with Crippen molar-refractivity contribution in [2.45, 2.75) is 33.1 Å². The molecule has 10 aromatic rings. The Hall–Kier alpha value is -7.48. The van der Waals surface area contributed by atoms with E-state index in [9.17, 15) is 0 Å². The zero-order valence-corrected chi connectivity index (χ0v) is 35.9. The zero-order chi connectivity index (χ0) is 43.0. The van der Waals surface area contributed by atoms with Crippen LogP contribution in [0, 0.1) is 12.3 Å². The number of nitrogens with one attached hydrogen (secondary N) is 1. The summed E-state index contributed by atoms with van der Waals surface area (Å²) in [5, 5.41) is 12.0. The molecule has 62 heavy (non-hydrogen) atoms. The zero-order valence-electron chi connectivity index (χ0n) is 35.1. The van der Waals surface area contributed by atoms with Gasteiger partial charge < -0.3 is 10.2 Å². The van der Waals surface area contributed by atoms with Crippen molar-refractivity contribution in [3.63, 3.8) is 0 Å². The molecule has 0 saturated heterocycles. The second kappa shape index (κ2) is 16.5. The summed E-state index contributed by atoms with van der Waals surface area (Å²) in [6, 6.07) is 55.6. The number of para-hydroxylation sites is 1. The number of furan rings is 1. The number of fused-ring (bicyclic) bond motifs is 7. The highest BCUT2D eigenvalue weighted by Crippen LogP contribution is 2.49. The summed E-state index contributed by atoms with van der Waals surface area (Å²) >= 11 is 1.81. The van der Waals surface area contributed by atoms with Gasteiger partial charge in [0.25, 0.3) is 0 Å². The van der Waals surface area contributed by atoms with E-state index in [-0.39, 0.29) is 5.41 Å². The van der Waals surface area contributed by atoms with Gasteiger partial charge in [-0.3, -0.25) is 5.41 Å². The Morgan fingerprint density at radius 3 is 1.92 bits per heavy atom. The van der Waals surface area contributed by atoms with Crippen LogP contribution < -0.4 is 5.73 Å². The minimum atomic E-state index is -0.0956. The summed E-state index contributed by atoms with van der Waals surface area (Å²) in [4.78, 5) is 14.7. The van der Waals surface area contributed by atoms with Crippen molar-refractivity contribution >= 4 is 53.9 Å². The molecule has 1 aliphatic rings. The summed E-state index contributed by atoms with van der Waals surface area (Å²) in [5.74, 6) is 2.50.